The Morgan fingerprint density at radius 2 is 1.93 bits per heavy atom. The molecule has 14 heavy (non-hydrogen) atoms. The number of aliphatic hydroxyl groups is 1. The second-order valence-corrected chi connectivity index (χ2v) is 5.00. The first-order chi connectivity index (χ1) is 6.39. The summed E-state index contributed by atoms with van der Waals surface area (Å²) in [5.74, 6) is 0. The molecule has 0 amide bonds. The first-order valence-electron chi connectivity index (χ1n) is 5.17. The Bertz CT molecular complexity index is 294. The highest BCUT2D eigenvalue weighted by molar-refractivity contribution is 5.28. The number of hydrogen-bond donors (Lipinski definition) is 1. The molecule has 0 saturated heterocycles. The van der Waals surface area contributed by atoms with Gasteiger partial charge in [-0.3, -0.25) is 0 Å². The highest BCUT2D eigenvalue weighted by atomic mass is 16.3. The molecule has 0 unspecified atom stereocenters. The van der Waals surface area contributed by atoms with E-state index < -0.39 is 0 Å². The second-order valence-electron chi connectivity index (χ2n) is 5.00. The quantitative estimate of drug-likeness (QED) is 0.764. The highest BCUT2D eigenvalue weighted by Crippen LogP contribution is 2.23. The second kappa shape index (κ2) is 4.14. The topological polar surface area (TPSA) is 20.2 Å². The lowest BCUT2D eigenvalue weighted by molar-refractivity contribution is 0.195. The molecular formula is C13H20O. The van der Waals surface area contributed by atoms with Gasteiger partial charge < -0.3 is 5.11 Å². The van der Waals surface area contributed by atoms with E-state index in [9.17, 15) is 5.11 Å². The van der Waals surface area contributed by atoms with Crippen LogP contribution in [-0.4, -0.2) is 11.2 Å². The molecule has 0 aliphatic heterocycles. The minimum Gasteiger partial charge on any atom is -0.393 e. The molecule has 1 atom stereocenters. The van der Waals surface area contributed by atoms with Crippen molar-refractivity contribution >= 4 is 0 Å². The average molecular weight is 192 g/mol. The Labute approximate surface area is 86.8 Å². The van der Waals surface area contributed by atoms with Crippen LogP contribution in [0.25, 0.3) is 0 Å². The van der Waals surface area contributed by atoms with Crippen LogP contribution >= 0.6 is 0 Å². The maximum atomic E-state index is 9.30. The van der Waals surface area contributed by atoms with E-state index in [1.165, 1.54) is 11.1 Å². The van der Waals surface area contributed by atoms with E-state index in [0.717, 1.165) is 6.42 Å². The Morgan fingerprint density at radius 1 is 1.29 bits per heavy atom. The minimum atomic E-state index is -0.259. The summed E-state index contributed by atoms with van der Waals surface area (Å²) in [5, 5.41) is 9.30. The van der Waals surface area contributed by atoms with E-state index in [-0.39, 0.29) is 11.5 Å². The van der Waals surface area contributed by atoms with Crippen LogP contribution in [0.2, 0.25) is 0 Å². The van der Waals surface area contributed by atoms with Crippen molar-refractivity contribution in [2.45, 2.75) is 45.6 Å². The van der Waals surface area contributed by atoms with Gasteiger partial charge in [0.1, 0.15) is 0 Å². The third-order valence-electron chi connectivity index (χ3n) is 2.32. The van der Waals surface area contributed by atoms with Crippen molar-refractivity contribution in [2.24, 2.45) is 0 Å². The standard InChI is InChI=1S/C13H20O/c1-10(14)8-11-6-5-7-12(9-11)13(2,3)4/h5-7,9-10,14H,8H2,1-4H3/t10-/m0/s1. The zero-order valence-corrected chi connectivity index (χ0v) is 9.54. The van der Waals surface area contributed by atoms with Gasteiger partial charge in [-0.15, -0.1) is 0 Å². The van der Waals surface area contributed by atoms with Gasteiger partial charge in [-0.2, -0.15) is 0 Å². The molecule has 0 saturated carbocycles. The van der Waals surface area contributed by atoms with Crippen molar-refractivity contribution in [3.8, 4) is 0 Å². The number of benzene rings is 1. The maximum Gasteiger partial charge on any atom is 0.0552 e. The third-order valence-corrected chi connectivity index (χ3v) is 2.32. The van der Waals surface area contributed by atoms with E-state index in [2.05, 4.69) is 45.0 Å². The molecule has 0 heterocycles. The molecule has 0 aromatic heterocycles. The molecule has 0 aliphatic rings. The monoisotopic (exact) mass is 192 g/mol. The van der Waals surface area contributed by atoms with Crippen LogP contribution in [0.5, 0.6) is 0 Å². The van der Waals surface area contributed by atoms with E-state index >= 15 is 0 Å². The van der Waals surface area contributed by atoms with Crippen molar-refractivity contribution < 1.29 is 5.11 Å². The molecule has 0 fully saturated rings. The van der Waals surface area contributed by atoms with Gasteiger partial charge in [0.25, 0.3) is 0 Å². The summed E-state index contributed by atoms with van der Waals surface area (Å²) in [6, 6.07) is 8.47. The summed E-state index contributed by atoms with van der Waals surface area (Å²) in [6.45, 7) is 8.43. The molecule has 0 spiro atoms. The zero-order chi connectivity index (χ0) is 10.8. The number of rotatable bonds is 2. The molecule has 1 aromatic rings. The van der Waals surface area contributed by atoms with Crippen LogP contribution < -0.4 is 0 Å². The van der Waals surface area contributed by atoms with Gasteiger partial charge in [0, 0.05) is 0 Å². The molecule has 1 aromatic carbocycles. The molecule has 78 valence electrons. The molecule has 1 rings (SSSR count). The Balaban J connectivity index is 2.90. The van der Waals surface area contributed by atoms with Gasteiger partial charge >= 0.3 is 0 Å². The molecular weight excluding hydrogens is 172 g/mol. The summed E-state index contributed by atoms with van der Waals surface area (Å²) in [6.07, 6.45) is 0.481. The fourth-order valence-corrected chi connectivity index (χ4v) is 1.51. The number of aliphatic hydroxyl groups excluding tert-OH is 1. The molecule has 1 nitrogen and oxygen atoms in total. The van der Waals surface area contributed by atoms with Crippen LogP contribution in [0.15, 0.2) is 24.3 Å². The van der Waals surface area contributed by atoms with Crippen molar-refractivity contribution in [3.63, 3.8) is 0 Å². The van der Waals surface area contributed by atoms with E-state index in [1.54, 1.807) is 0 Å². The summed E-state index contributed by atoms with van der Waals surface area (Å²) in [7, 11) is 0. The smallest absolute Gasteiger partial charge is 0.0552 e. The Kier molecular flexibility index (Phi) is 3.33. The van der Waals surface area contributed by atoms with E-state index in [1.807, 2.05) is 6.92 Å². The van der Waals surface area contributed by atoms with Gasteiger partial charge in [-0.05, 0) is 29.9 Å². The molecule has 0 aliphatic carbocycles. The number of hydrogen-bond acceptors (Lipinski definition) is 1. The van der Waals surface area contributed by atoms with Gasteiger partial charge in [0.2, 0.25) is 0 Å². The largest absolute Gasteiger partial charge is 0.393 e. The van der Waals surface area contributed by atoms with Crippen LogP contribution in [0.1, 0.15) is 38.8 Å². The fraction of sp³-hybridized carbons (Fsp3) is 0.538. The van der Waals surface area contributed by atoms with Crippen LogP contribution in [0, 0.1) is 0 Å². The van der Waals surface area contributed by atoms with Gasteiger partial charge in [-0.25, -0.2) is 0 Å². The first-order valence-corrected chi connectivity index (χ1v) is 5.17. The molecule has 0 bridgehead atoms. The van der Waals surface area contributed by atoms with Gasteiger partial charge in [0.15, 0.2) is 0 Å². The minimum absolute atomic E-state index is 0.189. The lowest BCUT2D eigenvalue weighted by Gasteiger charge is -2.20. The summed E-state index contributed by atoms with van der Waals surface area (Å²) >= 11 is 0. The lowest BCUT2D eigenvalue weighted by Crippen LogP contribution is -2.12. The predicted molar refractivity (Wildman–Crippen MR) is 60.5 cm³/mol. The van der Waals surface area contributed by atoms with E-state index in [0.29, 0.717) is 0 Å². The van der Waals surface area contributed by atoms with Crippen molar-refractivity contribution in [2.75, 3.05) is 0 Å². The molecule has 1 N–H and O–H groups in total. The SMILES string of the molecule is C[C@H](O)Cc1cccc(C(C)(C)C)c1. The maximum absolute atomic E-state index is 9.30. The predicted octanol–water partition coefficient (Wildman–Crippen LogP) is 2.91. The van der Waals surface area contributed by atoms with Crippen molar-refractivity contribution in [3.05, 3.63) is 35.4 Å². The van der Waals surface area contributed by atoms with Gasteiger partial charge in [0.05, 0.1) is 6.10 Å². The van der Waals surface area contributed by atoms with Crippen LogP contribution in [0.4, 0.5) is 0 Å². The van der Waals surface area contributed by atoms with E-state index in [4.69, 9.17) is 0 Å². The fourth-order valence-electron chi connectivity index (χ4n) is 1.51. The Morgan fingerprint density at radius 3 is 2.43 bits per heavy atom. The molecule has 0 radical (unpaired) electrons. The van der Waals surface area contributed by atoms with Crippen LogP contribution in [-0.2, 0) is 11.8 Å². The lowest BCUT2D eigenvalue weighted by atomic mass is 9.86. The highest BCUT2D eigenvalue weighted by Gasteiger charge is 2.13. The zero-order valence-electron chi connectivity index (χ0n) is 9.54. The van der Waals surface area contributed by atoms with Crippen molar-refractivity contribution in [1.29, 1.82) is 0 Å². The normalized spacial score (nSPS) is 14.1. The summed E-state index contributed by atoms with van der Waals surface area (Å²) in [5.41, 5.74) is 2.73. The molecule has 1 heteroatoms. The first kappa shape index (κ1) is 11.3. The van der Waals surface area contributed by atoms with Crippen molar-refractivity contribution in [1.82, 2.24) is 0 Å². The van der Waals surface area contributed by atoms with Gasteiger partial charge in [-0.1, -0.05) is 45.0 Å². The summed E-state index contributed by atoms with van der Waals surface area (Å²) in [4.78, 5) is 0. The third kappa shape index (κ3) is 3.15. The summed E-state index contributed by atoms with van der Waals surface area (Å²) < 4.78 is 0. The average Bonchev–Trinajstić information content (AvgIpc) is 2.01. The Hall–Kier alpha value is -0.820. The van der Waals surface area contributed by atoms with Crippen LogP contribution in [0.3, 0.4) is 0 Å².